The standard InChI is InChI=1S/C9H5ClF3NO3/c10-5-1-4(9(11,12)13)2-6(3-5)14-7(15)8(16)17/h1-3H,(H,14,15)(H,16,17). The van der Waals surface area contributed by atoms with Gasteiger partial charge in [-0.25, -0.2) is 4.79 Å². The van der Waals surface area contributed by atoms with Gasteiger partial charge >= 0.3 is 18.1 Å². The second-order valence-electron chi connectivity index (χ2n) is 2.99. The van der Waals surface area contributed by atoms with Crippen molar-refractivity contribution >= 4 is 29.2 Å². The van der Waals surface area contributed by atoms with Crippen molar-refractivity contribution < 1.29 is 27.9 Å². The molecule has 0 bridgehead atoms. The summed E-state index contributed by atoms with van der Waals surface area (Å²) in [7, 11) is 0. The van der Waals surface area contributed by atoms with E-state index in [2.05, 4.69) is 0 Å². The molecule has 0 saturated carbocycles. The molecule has 0 aromatic heterocycles. The fourth-order valence-electron chi connectivity index (χ4n) is 1.01. The lowest BCUT2D eigenvalue weighted by Crippen LogP contribution is -2.22. The molecule has 2 N–H and O–H groups in total. The Labute approximate surface area is 98.0 Å². The minimum Gasteiger partial charge on any atom is -0.474 e. The Morgan fingerprint density at radius 2 is 1.82 bits per heavy atom. The maximum absolute atomic E-state index is 12.4. The molecule has 0 aliphatic carbocycles. The number of carboxylic acid groups (broad SMARTS) is 1. The molecular formula is C9H5ClF3NO3. The van der Waals surface area contributed by atoms with Crippen molar-refractivity contribution in [3.8, 4) is 0 Å². The van der Waals surface area contributed by atoms with Crippen LogP contribution in [0.3, 0.4) is 0 Å². The Hall–Kier alpha value is -1.76. The fourth-order valence-corrected chi connectivity index (χ4v) is 1.25. The smallest absolute Gasteiger partial charge is 0.416 e. The van der Waals surface area contributed by atoms with Crippen LogP contribution in [0.4, 0.5) is 18.9 Å². The van der Waals surface area contributed by atoms with E-state index in [1.165, 1.54) is 0 Å². The van der Waals surface area contributed by atoms with E-state index >= 15 is 0 Å². The maximum Gasteiger partial charge on any atom is 0.416 e. The molecule has 0 radical (unpaired) electrons. The van der Waals surface area contributed by atoms with Gasteiger partial charge < -0.3 is 10.4 Å². The monoisotopic (exact) mass is 267 g/mol. The Balaban J connectivity index is 3.06. The molecule has 0 atom stereocenters. The van der Waals surface area contributed by atoms with Crippen LogP contribution in [0.15, 0.2) is 18.2 Å². The van der Waals surface area contributed by atoms with Crippen molar-refractivity contribution in [2.24, 2.45) is 0 Å². The number of carbonyl (C=O) groups is 2. The van der Waals surface area contributed by atoms with E-state index in [0.29, 0.717) is 12.1 Å². The van der Waals surface area contributed by atoms with Gasteiger partial charge in [-0.05, 0) is 18.2 Å². The average molecular weight is 268 g/mol. The van der Waals surface area contributed by atoms with Crippen LogP contribution in [-0.4, -0.2) is 17.0 Å². The van der Waals surface area contributed by atoms with Crippen LogP contribution < -0.4 is 5.32 Å². The Kier molecular flexibility index (Phi) is 3.62. The highest BCUT2D eigenvalue weighted by Crippen LogP contribution is 2.33. The van der Waals surface area contributed by atoms with Gasteiger partial charge in [0.2, 0.25) is 0 Å². The number of hydrogen-bond acceptors (Lipinski definition) is 2. The van der Waals surface area contributed by atoms with Gasteiger partial charge in [-0.3, -0.25) is 4.79 Å². The minimum absolute atomic E-state index is 0.263. The molecule has 0 heterocycles. The number of alkyl halides is 3. The lowest BCUT2D eigenvalue weighted by Gasteiger charge is -2.09. The normalized spacial score (nSPS) is 11.1. The van der Waals surface area contributed by atoms with Crippen LogP contribution in [-0.2, 0) is 15.8 Å². The number of carboxylic acids is 1. The van der Waals surface area contributed by atoms with Gasteiger partial charge in [-0.1, -0.05) is 11.6 Å². The third-order valence-electron chi connectivity index (χ3n) is 1.68. The Bertz CT molecular complexity index is 473. The molecule has 0 fully saturated rings. The van der Waals surface area contributed by atoms with Crippen LogP contribution in [0.5, 0.6) is 0 Å². The van der Waals surface area contributed by atoms with Crippen molar-refractivity contribution in [1.29, 1.82) is 0 Å². The predicted octanol–water partition coefficient (Wildman–Crippen LogP) is 2.38. The SMILES string of the molecule is O=C(O)C(=O)Nc1cc(Cl)cc(C(F)(F)F)c1. The zero-order chi connectivity index (χ0) is 13.2. The van der Waals surface area contributed by atoms with Gasteiger partial charge in [0.25, 0.3) is 0 Å². The first-order chi connectivity index (χ1) is 7.70. The van der Waals surface area contributed by atoms with Gasteiger partial charge in [0.05, 0.1) is 5.56 Å². The maximum atomic E-state index is 12.4. The summed E-state index contributed by atoms with van der Waals surface area (Å²) in [5.41, 5.74) is -1.41. The summed E-state index contributed by atoms with van der Waals surface area (Å²) < 4.78 is 37.1. The topological polar surface area (TPSA) is 66.4 Å². The molecular weight excluding hydrogens is 263 g/mol. The second kappa shape index (κ2) is 4.62. The number of carbonyl (C=O) groups excluding carboxylic acids is 1. The molecule has 1 aromatic rings. The number of halogens is 4. The number of hydrogen-bond donors (Lipinski definition) is 2. The molecule has 1 aromatic carbocycles. The van der Waals surface area contributed by atoms with Crippen LogP contribution in [0, 0.1) is 0 Å². The zero-order valence-corrected chi connectivity index (χ0v) is 8.76. The first-order valence-corrected chi connectivity index (χ1v) is 4.50. The van der Waals surface area contributed by atoms with E-state index in [9.17, 15) is 22.8 Å². The highest BCUT2D eigenvalue weighted by atomic mass is 35.5. The lowest BCUT2D eigenvalue weighted by molar-refractivity contribution is -0.147. The average Bonchev–Trinajstić information content (AvgIpc) is 2.15. The van der Waals surface area contributed by atoms with Crippen molar-refractivity contribution in [3.05, 3.63) is 28.8 Å². The van der Waals surface area contributed by atoms with E-state index in [0.717, 1.165) is 6.07 Å². The summed E-state index contributed by atoms with van der Waals surface area (Å²) in [4.78, 5) is 21.0. The van der Waals surface area contributed by atoms with E-state index in [1.807, 2.05) is 0 Å². The first kappa shape index (κ1) is 13.3. The van der Waals surface area contributed by atoms with Gasteiger partial charge in [-0.2, -0.15) is 13.2 Å². The molecule has 0 saturated heterocycles. The van der Waals surface area contributed by atoms with Gasteiger partial charge in [-0.15, -0.1) is 0 Å². The molecule has 0 aliphatic heterocycles. The van der Waals surface area contributed by atoms with E-state index in [4.69, 9.17) is 16.7 Å². The number of benzene rings is 1. The number of aliphatic carboxylic acids is 1. The summed E-state index contributed by atoms with van der Waals surface area (Å²) in [6, 6.07) is 2.27. The summed E-state index contributed by atoms with van der Waals surface area (Å²) in [5.74, 6) is -3.25. The summed E-state index contributed by atoms with van der Waals surface area (Å²) in [6.07, 6.45) is -4.63. The number of anilines is 1. The van der Waals surface area contributed by atoms with E-state index in [1.54, 1.807) is 5.32 Å². The molecule has 0 aliphatic rings. The largest absolute Gasteiger partial charge is 0.474 e. The van der Waals surface area contributed by atoms with Gasteiger partial charge in [0.15, 0.2) is 0 Å². The third kappa shape index (κ3) is 3.63. The number of amides is 1. The van der Waals surface area contributed by atoms with Gasteiger partial charge in [0.1, 0.15) is 0 Å². The first-order valence-electron chi connectivity index (χ1n) is 4.12. The fraction of sp³-hybridized carbons (Fsp3) is 0.111. The van der Waals surface area contributed by atoms with Crippen LogP contribution in [0.1, 0.15) is 5.56 Å². The van der Waals surface area contributed by atoms with Crippen LogP contribution in [0.25, 0.3) is 0 Å². The molecule has 1 amide bonds. The molecule has 8 heteroatoms. The van der Waals surface area contributed by atoms with Crippen LogP contribution in [0.2, 0.25) is 5.02 Å². The molecule has 1 rings (SSSR count). The summed E-state index contributed by atoms with van der Waals surface area (Å²) >= 11 is 5.42. The second-order valence-corrected chi connectivity index (χ2v) is 3.42. The lowest BCUT2D eigenvalue weighted by atomic mass is 10.2. The Morgan fingerprint density at radius 3 is 2.29 bits per heavy atom. The van der Waals surface area contributed by atoms with Crippen molar-refractivity contribution in [2.45, 2.75) is 6.18 Å². The minimum atomic E-state index is -4.63. The van der Waals surface area contributed by atoms with Crippen molar-refractivity contribution in [2.75, 3.05) is 5.32 Å². The molecule has 92 valence electrons. The molecule has 0 spiro atoms. The highest BCUT2D eigenvalue weighted by Gasteiger charge is 2.31. The number of nitrogens with one attached hydrogen (secondary N) is 1. The molecule has 17 heavy (non-hydrogen) atoms. The van der Waals surface area contributed by atoms with Crippen molar-refractivity contribution in [3.63, 3.8) is 0 Å². The third-order valence-corrected chi connectivity index (χ3v) is 1.90. The Morgan fingerprint density at radius 1 is 1.24 bits per heavy atom. The van der Waals surface area contributed by atoms with Crippen molar-refractivity contribution in [1.82, 2.24) is 0 Å². The predicted molar refractivity (Wildman–Crippen MR) is 52.7 cm³/mol. The zero-order valence-electron chi connectivity index (χ0n) is 8.01. The quantitative estimate of drug-likeness (QED) is 0.768. The molecule has 4 nitrogen and oxygen atoms in total. The molecule has 0 unspecified atom stereocenters. The summed E-state index contributed by atoms with van der Waals surface area (Å²) in [5, 5.41) is 9.78. The van der Waals surface area contributed by atoms with E-state index < -0.39 is 23.6 Å². The van der Waals surface area contributed by atoms with E-state index in [-0.39, 0.29) is 10.7 Å². The number of rotatable bonds is 1. The van der Waals surface area contributed by atoms with Crippen LogP contribution >= 0.6 is 11.6 Å². The summed E-state index contributed by atoms with van der Waals surface area (Å²) in [6.45, 7) is 0. The highest BCUT2D eigenvalue weighted by molar-refractivity contribution is 6.36. The van der Waals surface area contributed by atoms with Gasteiger partial charge in [0, 0.05) is 10.7 Å².